The van der Waals surface area contributed by atoms with Gasteiger partial charge in [0.1, 0.15) is 11.6 Å². The fraction of sp³-hybridized carbons (Fsp3) is 0.250. The third kappa shape index (κ3) is 5.52. The molecule has 13 heteroatoms. The number of aromatic amines is 1. The van der Waals surface area contributed by atoms with Crippen LogP contribution in [0.4, 0.5) is 26.4 Å². The van der Waals surface area contributed by atoms with Crippen LogP contribution in [0.5, 0.6) is 5.88 Å². The number of amides is 2. The summed E-state index contributed by atoms with van der Waals surface area (Å²) in [7, 11) is -3.50. The van der Waals surface area contributed by atoms with Crippen molar-refractivity contribution in [2.24, 2.45) is 0 Å². The van der Waals surface area contributed by atoms with Crippen LogP contribution in [-0.4, -0.2) is 42.5 Å². The molecule has 1 aliphatic rings. The lowest BCUT2D eigenvalue weighted by molar-refractivity contribution is 0.256. The van der Waals surface area contributed by atoms with E-state index in [0.717, 1.165) is 30.7 Å². The lowest BCUT2D eigenvalue weighted by Crippen LogP contribution is -2.35. The second kappa shape index (κ2) is 9.24. The molecular weight excluding hydrogens is 475 g/mol. The van der Waals surface area contributed by atoms with Gasteiger partial charge in [0.25, 0.3) is 0 Å². The maximum absolute atomic E-state index is 13.5. The minimum atomic E-state index is -3.50. The van der Waals surface area contributed by atoms with Crippen LogP contribution in [0.3, 0.4) is 0 Å². The number of sulfonamides is 1. The summed E-state index contributed by atoms with van der Waals surface area (Å²) in [4.78, 5) is 18.7. The molecule has 0 aliphatic carbocycles. The lowest BCUT2D eigenvalue weighted by atomic mass is 10.1. The molecule has 33 heavy (non-hydrogen) atoms. The van der Waals surface area contributed by atoms with Gasteiger partial charge >= 0.3 is 6.03 Å². The first-order chi connectivity index (χ1) is 15.7. The van der Waals surface area contributed by atoms with Crippen molar-refractivity contribution in [2.75, 3.05) is 27.8 Å². The Labute approximate surface area is 194 Å². The molecule has 174 valence electrons. The van der Waals surface area contributed by atoms with E-state index in [4.69, 9.17) is 16.3 Å². The molecule has 3 N–H and O–H groups in total. The summed E-state index contributed by atoms with van der Waals surface area (Å²) in [6.45, 7) is 0.679. The van der Waals surface area contributed by atoms with Crippen LogP contribution in [0.15, 0.2) is 36.5 Å². The van der Waals surface area contributed by atoms with Crippen molar-refractivity contribution in [1.29, 1.82) is 0 Å². The number of benzene rings is 1. The van der Waals surface area contributed by atoms with Gasteiger partial charge in [0.15, 0.2) is 0 Å². The standard InChI is InChI=1S/C20H20ClFN6O4S/c1-33(30,31)27-18-7-5-13(10-23-18)28(11-17-14-3-2-8-32-19(14)26-25-17)20(29)24-12-4-6-16(22)15(21)9-12/h4-7,9-10H,2-3,8,11H2,1H3,(H,23,27)(H,24,29)(H,25,26). The minimum absolute atomic E-state index is 0.104. The van der Waals surface area contributed by atoms with E-state index >= 15 is 0 Å². The monoisotopic (exact) mass is 494 g/mol. The number of carbonyl (C=O) groups excluding carboxylic acids is 1. The molecule has 0 fully saturated rings. The molecule has 0 atom stereocenters. The molecule has 0 unspecified atom stereocenters. The Morgan fingerprint density at radius 2 is 2.15 bits per heavy atom. The zero-order valence-corrected chi connectivity index (χ0v) is 19.0. The summed E-state index contributed by atoms with van der Waals surface area (Å²) in [6.07, 6.45) is 3.95. The molecule has 2 amide bonds. The van der Waals surface area contributed by atoms with Gasteiger partial charge < -0.3 is 10.1 Å². The van der Waals surface area contributed by atoms with Crippen molar-refractivity contribution in [2.45, 2.75) is 19.4 Å². The number of ether oxygens (including phenoxy) is 1. The largest absolute Gasteiger partial charge is 0.476 e. The Morgan fingerprint density at radius 3 is 2.85 bits per heavy atom. The van der Waals surface area contributed by atoms with Crippen LogP contribution >= 0.6 is 11.6 Å². The number of carbonyl (C=O) groups is 1. The number of fused-ring (bicyclic) bond motifs is 1. The highest BCUT2D eigenvalue weighted by atomic mass is 35.5. The molecule has 1 aliphatic heterocycles. The van der Waals surface area contributed by atoms with Gasteiger partial charge in [-0.25, -0.2) is 22.6 Å². The number of nitrogens with zero attached hydrogens (tertiary/aromatic N) is 3. The SMILES string of the molecule is CS(=O)(=O)Nc1ccc(N(Cc2[nH]nc3c2CCCO3)C(=O)Nc2ccc(F)c(Cl)c2)cn1. The molecule has 4 rings (SSSR count). The predicted octanol–water partition coefficient (Wildman–Crippen LogP) is 3.53. The van der Waals surface area contributed by atoms with Crippen molar-refractivity contribution in [3.8, 4) is 5.88 Å². The topological polar surface area (TPSA) is 129 Å². The number of rotatable bonds is 6. The van der Waals surface area contributed by atoms with Crippen LogP contribution in [-0.2, 0) is 23.0 Å². The van der Waals surface area contributed by atoms with Gasteiger partial charge in [-0.3, -0.25) is 14.7 Å². The number of urea groups is 1. The van der Waals surface area contributed by atoms with Crippen molar-refractivity contribution in [1.82, 2.24) is 15.2 Å². The Kier molecular flexibility index (Phi) is 6.38. The van der Waals surface area contributed by atoms with Gasteiger partial charge in [-0.1, -0.05) is 11.6 Å². The first-order valence-corrected chi connectivity index (χ1v) is 12.1. The van der Waals surface area contributed by atoms with E-state index in [9.17, 15) is 17.6 Å². The average Bonchev–Trinajstić information content (AvgIpc) is 3.17. The first kappa shape index (κ1) is 22.8. The molecule has 0 spiro atoms. The van der Waals surface area contributed by atoms with Gasteiger partial charge in [0.05, 0.1) is 42.0 Å². The minimum Gasteiger partial charge on any atom is -0.476 e. The van der Waals surface area contributed by atoms with E-state index in [-0.39, 0.29) is 17.4 Å². The van der Waals surface area contributed by atoms with Gasteiger partial charge in [-0.2, -0.15) is 0 Å². The highest BCUT2D eigenvalue weighted by Crippen LogP contribution is 2.28. The van der Waals surface area contributed by atoms with Crippen molar-refractivity contribution in [3.63, 3.8) is 0 Å². The van der Waals surface area contributed by atoms with Crippen molar-refractivity contribution < 1.29 is 22.3 Å². The number of H-pyrrole nitrogens is 1. The number of aromatic nitrogens is 3. The molecule has 3 heterocycles. The summed E-state index contributed by atoms with van der Waals surface area (Å²) in [5, 5.41) is 9.64. The van der Waals surface area contributed by atoms with Gasteiger partial charge in [-0.05, 0) is 43.2 Å². The zero-order valence-electron chi connectivity index (χ0n) is 17.4. The summed E-state index contributed by atoms with van der Waals surface area (Å²) in [6, 6.07) is 6.30. The van der Waals surface area contributed by atoms with Gasteiger partial charge in [-0.15, -0.1) is 5.10 Å². The number of hydrogen-bond acceptors (Lipinski definition) is 6. The summed E-state index contributed by atoms with van der Waals surface area (Å²) in [5.41, 5.74) is 2.26. The fourth-order valence-corrected chi connectivity index (χ4v) is 3.99. The molecule has 0 saturated heterocycles. The fourth-order valence-electron chi connectivity index (χ4n) is 3.31. The maximum atomic E-state index is 13.5. The Bertz CT molecular complexity index is 1280. The van der Waals surface area contributed by atoms with Crippen molar-refractivity contribution >= 4 is 44.8 Å². The van der Waals surface area contributed by atoms with E-state index in [1.165, 1.54) is 29.3 Å². The highest BCUT2D eigenvalue weighted by molar-refractivity contribution is 7.92. The van der Waals surface area contributed by atoms with Crippen LogP contribution in [0.2, 0.25) is 5.02 Å². The molecule has 2 aromatic heterocycles. The summed E-state index contributed by atoms with van der Waals surface area (Å²) >= 11 is 5.83. The van der Waals surface area contributed by atoms with E-state index < -0.39 is 21.9 Å². The second-order valence-corrected chi connectivity index (χ2v) is 9.51. The Balaban J connectivity index is 1.63. The smallest absolute Gasteiger partial charge is 0.326 e. The third-order valence-electron chi connectivity index (χ3n) is 4.81. The maximum Gasteiger partial charge on any atom is 0.326 e. The predicted molar refractivity (Wildman–Crippen MR) is 122 cm³/mol. The van der Waals surface area contributed by atoms with Crippen molar-refractivity contribution in [3.05, 3.63) is 58.6 Å². The highest BCUT2D eigenvalue weighted by Gasteiger charge is 2.24. The normalized spacial score (nSPS) is 13.1. The van der Waals surface area contributed by atoms with Gasteiger partial charge in [0, 0.05) is 11.3 Å². The lowest BCUT2D eigenvalue weighted by Gasteiger charge is -2.23. The molecule has 1 aromatic carbocycles. The second-order valence-electron chi connectivity index (χ2n) is 7.36. The molecule has 3 aromatic rings. The first-order valence-electron chi connectivity index (χ1n) is 9.86. The van der Waals surface area contributed by atoms with E-state index in [1.807, 2.05) is 0 Å². The van der Waals surface area contributed by atoms with Crippen LogP contribution in [0.25, 0.3) is 0 Å². The molecule has 10 nitrogen and oxygen atoms in total. The third-order valence-corrected chi connectivity index (χ3v) is 5.68. The molecule has 0 bridgehead atoms. The van der Waals surface area contributed by atoms with E-state index in [2.05, 4.69) is 25.2 Å². The number of anilines is 3. The number of halogens is 2. The number of hydrogen-bond donors (Lipinski definition) is 3. The van der Waals surface area contributed by atoms with Crippen LogP contribution in [0.1, 0.15) is 17.7 Å². The van der Waals surface area contributed by atoms with Crippen LogP contribution < -0.4 is 19.7 Å². The summed E-state index contributed by atoms with van der Waals surface area (Å²) in [5.74, 6) is 0.0146. The Hall–Kier alpha value is -3.38. The molecule has 0 saturated carbocycles. The Morgan fingerprint density at radius 1 is 1.33 bits per heavy atom. The number of pyridine rings is 1. The number of nitrogens with one attached hydrogen (secondary N) is 3. The average molecular weight is 495 g/mol. The molecule has 0 radical (unpaired) electrons. The quantitative estimate of drug-likeness (QED) is 0.480. The van der Waals surface area contributed by atoms with E-state index in [1.54, 1.807) is 6.07 Å². The zero-order chi connectivity index (χ0) is 23.6. The van der Waals surface area contributed by atoms with Crippen LogP contribution in [0, 0.1) is 5.82 Å². The molecular formula is C20H20ClFN6O4S. The van der Waals surface area contributed by atoms with Gasteiger partial charge in [0.2, 0.25) is 15.9 Å². The summed E-state index contributed by atoms with van der Waals surface area (Å²) < 4.78 is 44.2. The van der Waals surface area contributed by atoms with E-state index in [0.29, 0.717) is 29.6 Å².